The first kappa shape index (κ1) is 22.2. The first-order chi connectivity index (χ1) is 17.6. The lowest BCUT2D eigenvalue weighted by Crippen LogP contribution is -2.35. The number of rotatable bonds is 5. The number of aryl methyl sites for hydroxylation is 1. The summed E-state index contributed by atoms with van der Waals surface area (Å²) in [5, 5.41) is 8.88. The standard InChI is InChI=1S/C28H26FN7/c1-34-18-23(16-32-34)20-5-4-6-21(13-20)28-30-14-22(15-31-28)24-17-33-36(19-24)25-9-11-35(12-10-25)27-8-3-2-7-26(27)29/h2-8,13-19,25H,9-12H2,1H3. The highest BCUT2D eigenvalue weighted by molar-refractivity contribution is 5.70. The largest absolute Gasteiger partial charge is 0.369 e. The van der Waals surface area contributed by atoms with Crippen LogP contribution in [0.15, 0.2) is 85.7 Å². The molecule has 0 spiro atoms. The van der Waals surface area contributed by atoms with Crippen LogP contribution in [0, 0.1) is 5.82 Å². The van der Waals surface area contributed by atoms with Gasteiger partial charge in [0.25, 0.3) is 0 Å². The number of hydrogen-bond donors (Lipinski definition) is 0. The number of benzene rings is 2. The van der Waals surface area contributed by atoms with Crippen LogP contribution in [0.5, 0.6) is 0 Å². The maximum atomic E-state index is 14.1. The summed E-state index contributed by atoms with van der Waals surface area (Å²) in [7, 11) is 1.91. The van der Waals surface area contributed by atoms with Gasteiger partial charge in [-0.2, -0.15) is 10.2 Å². The molecule has 7 nitrogen and oxygen atoms in total. The van der Waals surface area contributed by atoms with E-state index in [4.69, 9.17) is 0 Å². The molecule has 0 radical (unpaired) electrons. The summed E-state index contributed by atoms with van der Waals surface area (Å²) in [4.78, 5) is 11.4. The Morgan fingerprint density at radius 1 is 0.750 bits per heavy atom. The van der Waals surface area contributed by atoms with Gasteiger partial charge in [0, 0.05) is 67.2 Å². The Kier molecular flexibility index (Phi) is 5.77. The molecule has 0 aliphatic carbocycles. The van der Waals surface area contributed by atoms with Gasteiger partial charge < -0.3 is 4.90 Å². The quantitative estimate of drug-likeness (QED) is 0.338. The number of halogens is 1. The van der Waals surface area contributed by atoms with E-state index in [2.05, 4.69) is 43.4 Å². The molecule has 0 amide bonds. The van der Waals surface area contributed by atoms with E-state index in [1.807, 2.05) is 67.0 Å². The fourth-order valence-electron chi connectivity index (χ4n) is 4.80. The van der Waals surface area contributed by atoms with E-state index in [1.54, 1.807) is 10.7 Å². The molecule has 1 aliphatic rings. The minimum Gasteiger partial charge on any atom is -0.369 e. The van der Waals surface area contributed by atoms with Crippen LogP contribution in [-0.4, -0.2) is 42.6 Å². The van der Waals surface area contributed by atoms with Gasteiger partial charge in [-0.1, -0.05) is 30.3 Å². The maximum absolute atomic E-state index is 14.1. The third-order valence-electron chi connectivity index (χ3n) is 6.78. The second kappa shape index (κ2) is 9.37. The van der Waals surface area contributed by atoms with Crippen molar-refractivity contribution in [1.29, 1.82) is 0 Å². The normalized spacial score (nSPS) is 14.3. The molecule has 4 heterocycles. The van der Waals surface area contributed by atoms with E-state index < -0.39 is 0 Å². The molecule has 0 saturated carbocycles. The van der Waals surface area contributed by atoms with Crippen LogP contribution in [0.1, 0.15) is 18.9 Å². The Morgan fingerprint density at radius 2 is 1.47 bits per heavy atom. The molecule has 6 rings (SSSR count). The van der Waals surface area contributed by atoms with Crippen LogP contribution >= 0.6 is 0 Å². The minimum absolute atomic E-state index is 0.162. The summed E-state index contributed by atoms with van der Waals surface area (Å²) in [5.41, 5.74) is 5.69. The molecule has 0 bridgehead atoms. The van der Waals surface area contributed by atoms with Crippen LogP contribution in [0.3, 0.4) is 0 Å². The second-order valence-corrected chi connectivity index (χ2v) is 9.16. The SMILES string of the molecule is Cn1cc(-c2cccc(-c3ncc(-c4cnn(C5CCN(c6ccccc6F)CC5)c4)cn3)c2)cn1. The molecule has 8 heteroatoms. The molecule has 0 unspecified atom stereocenters. The Morgan fingerprint density at radius 3 is 2.22 bits per heavy atom. The van der Waals surface area contributed by atoms with Crippen LogP contribution in [0.25, 0.3) is 33.6 Å². The molecule has 1 saturated heterocycles. The van der Waals surface area contributed by atoms with Crippen LogP contribution in [0.2, 0.25) is 0 Å². The van der Waals surface area contributed by atoms with E-state index in [-0.39, 0.29) is 11.9 Å². The van der Waals surface area contributed by atoms with E-state index in [0.717, 1.165) is 53.7 Å². The molecule has 0 atom stereocenters. The Bertz CT molecular complexity index is 1480. The summed E-state index contributed by atoms with van der Waals surface area (Å²) in [6, 6.07) is 15.4. The van der Waals surface area contributed by atoms with Crippen molar-refractivity contribution in [2.75, 3.05) is 18.0 Å². The highest BCUT2D eigenvalue weighted by Gasteiger charge is 2.23. The summed E-state index contributed by atoms with van der Waals surface area (Å²) in [5.74, 6) is 0.516. The summed E-state index contributed by atoms with van der Waals surface area (Å²) in [6.45, 7) is 1.60. The second-order valence-electron chi connectivity index (χ2n) is 9.16. The van der Waals surface area contributed by atoms with Crippen LogP contribution in [0.4, 0.5) is 10.1 Å². The topological polar surface area (TPSA) is 64.7 Å². The zero-order chi connectivity index (χ0) is 24.5. The molecule has 36 heavy (non-hydrogen) atoms. The summed E-state index contributed by atoms with van der Waals surface area (Å²) < 4.78 is 18.0. The van der Waals surface area contributed by atoms with Gasteiger partial charge >= 0.3 is 0 Å². The predicted octanol–water partition coefficient (Wildman–Crippen LogP) is 5.39. The summed E-state index contributed by atoms with van der Waals surface area (Å²) in [6.07, 6.45) is 13.3. The van der Waals surface area contributed by atoms with Crippen molar-refractivity contribution in [2.45, 2.75) is 18.9 Å². The number of aromatic nitrogens is 6. The molecule has 2 aromatic carbocycles. The lowest BCUT2D eigenvalue weighted by molar-refractivity contribution is 0.365. The van der Waals surface area contributed by atoms with Crippen molar-refractivity contribution in [1.82, 2.24) is 29.5 Å². The Hall–Kier alpha value is -4.33. The molecule has 3 aromatic heterocycles. The van der Waals surface area contributed by atoms with Crippen molar-refractivity contribution < 1.29 is 4.39 Å². The molecular formula is C28H26FN7. The van der Waals surface area contributed by atoms with Crippen LogP contribution in [-0.2, 0) is 7.05 Å². The lowest BCUT2D eigenvalue weighted by Gasteiger charge is -2.33. The zero-order valence-electron chi connectivity index (χ0n) is 20.0. The molecule has 1 aliphatic heterocycles. The van der Waals surface area contributed by atoms with E-state index in [1.165, 1.54) is 6.07 Å². The predicted molar refractivity (Wildman–Crippen MR) is 138 cm³/mol. The Labute approximate surface area is 208 Å². The smallest absolute Gasteiger partial charge is 0.159 e. The van der Waals surface area contributed by atoms with Crippen LogP contribution < -0.4 is 4.90 Å². The fourth-order valence-corrected chi connectivity index (χ4v) is 4.80. The third-order valence-corrected chi connectivity index (χ3v) is 6.78. The number of nitrogens with zero attached hydrogens (tertiary/aromatic N) is 7. The van der Waals surface area contributed by atoms with Crippen molar-refractivity contribution in [3.8, 4) is 33.6 Å². The number of piperidine rings is 1. The van der Waals surface area contributed by atoms with E-state index >= 15 is 0 Å². The number of hydrogen-bond acceptors (Lipinski definition) is 5. The Balaban J connectivity index is 1.14. The first-order valence-corrected chi connectivity index (χ1v) is 12.1. The van der Waals surface area contributed by atoms with Gasteiger partial charge in [-0.05, 0) is 36.6 Å². The zero-order valence-corrected chi connectivity index (χ0v) is 20.0. The van der Waals surface area contributed by atoms with Gasteiger partial charge in [-0.25, -0.2) is 14.4 Å². The van der Waals surface area contributed by atoms with E-state index in [9.17, 15) is 4.39 Å². The molecule has 1 fully saturated rings. The van der Waals surface area contributed by atoms with Gasteiger partial charge in [0.1, 0.15) is 5.82 Å². The van der Waals surface area contributed by atoms with E-state index in [0.29, 0.717) is 11.5 Å². The van der Waals surface area contributed by atoms with Gasteiger partial charge in [0.2, 0.25) is 0 Å². The average Bonchev–Trinajstić information content (AvgIpc) is 3.59. The van der Waals surface area contributed by atoms with Gasteiger partial charge in [-0.3, -0.25) is 9.36 Å². The highest BCUT2D eigenvalue weighted by Crippen LogP contribution is 2.30. The van der Waals surface area contributed by atoms with Crippen molar-refractivity contribution in [3.63, 3.8) is 0 Å². The van der Waals surface area contributed by atoms with Gasteiger partial charge in [-0.15, -0.1) is 0 Å². The number of para-hydroxylation sites is 1. The lowest BCUT2D eigenvalue weighted by atomic mass is 10.0. The highest BCUT2D eigenvalue weighted by atomic mass is 19.1. The molecule has 0 N–H and O–H groups in total. The van der Waals surface area contributed by atoms with Crippen molar-refractivity contribution in [2.24, 2.45) is 7.05 Å². The fraction of sp³-hybridized carbons (Fsp3) is 0.214. The van der Waals surface area contributed by atoms with Crippen molar-refractivity contribution in [3.05, 3.63) is 91.5 Å². The molecule has 180 valence electrons. The average molecular weight is 480 g/mol. The third kappa shape index (κ3) is 4.37. The van der Waals surface area contributed by atoms with Crippen molar-refractivity contribution >= 4 is 5.69 Å². The number of anilines is 1. The van der Waals surface area contributed by atoms with Gasteiger partial charge in [0.15, 0.2) is 5.82 Å². The minimum atomic E-state index is -0.162. The monoisotopic (exact) mass is 479 g/mol. The summed E-state index contributed by atoms with van der Waals surface area (Å²) >= 11 is 0. The molecule has 5 aromatic rings. The van der Waals surface area contributed by atoms with Gasteiger partial charge in [0.05, 0.1) is 24.1 Å². The maximum Gasteiger partial charge on any atom is 0.159 e. The molecular weight excluding hydrogens is 453 g/mol. The first-order valence-electron chi connectivity index (χ1n) is 12.1.